The maximum atomic E-state index is 12.8. The van der Waals surface area contributed by atoms with Gasteiger partial charge in [0.05, 0.1) is 13.2 Å². The summed E-state index contributed by atoms with van der Waals surface area (Å²) in [6, 6.07) is 7.70. The highest BCUT2D eigenvalue weighted by Crippen LogP contribution is 2.33. The molecule has 2 aliphatic rings. The number of amidine groups is 1. The Morgan fingerprint density at radius 2 is 1.96 bits per heavy atom. The molecule has 6 heteroatoms. The summed E-state index contributed by atoms with van der Waals surface area (Å²) in [4.78, 5) is 21.8. The second-order valence-electron chi connectivity index (χ2n) is 6.83. The molecule has 0 atom stereocenters. The molecular formula is C18H25N3O2S. The van der Waals surface area contributed by atoms with E-state index in [1.165, 1.54) is 0 Å². The van der Waals surface area contributed by atoms with E-state index in [9.17, 15) is 4.79 Å². The van der Waals surface area contributed by atoms with Gasteiger partial charge >= 0.3 is 0 Å². The van der Waals surface area contributed by atoms with E-state index in [0.717, 1.165) is 49.0 Å². The molecule has 0 N–H and O–H groups in total. The lowest BCUT2D eigenvalue weighted by Crippen LogP contribution is -2.50. The Bertz CT molecular complexity index is 637. The number of hydrogen-bond donors (Lipinski definition) is 0. The zero-order valence-corrected chi connectivity index (χ0v) is 15.4. The van der Waals surface area contributed by atoms with Crippen LogP contribution in [0.15, 0.2) is 29.3 Å². The van der Waals surface area contributed by atoms with E-state index in [4.69, 9.17) is 4.74 Å². The van der Waals surface area contributed by atoms with E-state index in [1.807, 2.05) is 40.9 Å². The topological polar surface area (TPSA) is 45.1 Å². The molecule has 0 radical (unpaired) electrons. The smallest absolute Gasteiger partial charge is 0.254 e. The molecule has 5 nitrogen and oxygen atoms in total. The van der Waals surface area contributed by atoms with Crippen molar-refractivity contribution in [1.82, 2.24) is 9.80 Å². The van der Waals surface area contributed by atoms with Crippen molar-refractivity contribution < 1.29 is 9.53 Å². The number of amides is 1. The highest BCUT2D eigenvalue weighted by atomic mass is 32.2. The molecule has 130 valence electrons. The highest BCUT2D eigenvalue weighted by molar-refractivity contribution is 8.15. The Morgan fingerprint density at radius 3 is 2.58 bits per heavy atom. The van der Waals surface area contributed by atoms with Crippen LogP contribution in [0.5, 0.6) is 0 Å². The molecule has 0 aliphatic carbocycles. The van der Waals surface area contributed by atoms with Crippen molar-refractivity contribution in [1.29, 1.82) is 0 Å². The number of benzene rings is 1. The fraction of sp³-hybridized carbons (Fsp3) is 0.556. The molecule has 1 saturated heterocycles. The number of methoxy groups -OCH3 is 1. The van der Waals surface area contributed by atoms with Gasteiger partial charge < -0.3 is 14.5 Å². The molecule has 2 aliphatic heterocycles. The fourth-order valence-corrected chi connectivity index (χ4v) is 4.08. The first-order valence-electron chi connectivity index (χ1n) is 8.35. The summed E-state index contributed by atoms with van der Waals surface area (Å²) in [6.45, 7) is 8.95. The molecule has 2 heterocycles. The largest absolute Gasteiger partial charge is 0.380 e. The summed E-state index contributed by atoms with van der Waals surface area (Å²) in [5.41, 5.74) is 1.70. The summed E-state index contributed by atoms with van der Waals surface area (Å²) in [6.07, 6.45) is 0. The molecule has 1 aromatic rings. The number of piperazine rings is 1. The maximum Gasteiger partial charge on any atom is 0.254 e. The van der Waals surface area contributed by atoms with Gasteiger partial charge in [0.25, 0.3) is 5.91 Å². The van der Waals surface area contributed by atoms with E-state index >= 15 is 0 Å². The molecule has 0 unspecified atom stereocenters. The van der Waals surface area contributed by atoms with Crippen LogP contribution in [0.4, 0.5) is 0 Å². The van der Waals surface area contributed by atoms with Crippen LogP contribution in [0, 0.1) is 0 Å². The maximum absolute atomic E-state index is 12.8. The molecule has 24 heavy (non-hydrogen) atoms. The lowest BCUT2D eigenvalue weighted by Gasteiger charge is -2.36. The van der Waals surface area contributed by atoms with Gasteiger partial charge in [-0.1, -0.05) is 30.0 Å². The van der Waals surface area contributed by atoms with Crippen molar-refractivity contribution in [3.05, 3.63) is 35.4 Å². The number of aliphatic imine (C=N–C) groups is 1. The number of hydrogen-bond acceptors (Lipinski definition) is 5. The van der Waals surface area contributed by atoms with Crippen LogP contribution in [0.1, 0.15) is 29.8 Å². The van der Waals surface area contributed by atoms with Crippen LogP contribution in [-0.2, 0) is 11.3 Å². The van der Waals surface area contributed by atoms with Crippen molar-refractivity contribution in [2.75, 3.05) is 39.8 Å². The van der Waals surface area contributed by atoms with Gasteiger partial charge in [-0.15, -0.1) is 0 Å². The Kier molecular flexibility index (Phi) is 5.15. The quantitative estimate of drug-likeness (QED) is 0.843. The number of nitrogens with zero attached hydrogens (tertiary/aromatic N) is 3. The predicted octanol–water partition coefficient (Wildman–Crippen LogP) is 2.47. The first-order valence-corrected chi connectivity index (χ1v) is 9.16. The van der Waals surface area contributed by atoms with Crippen LogP contribution < -0.4 is 0 Å². The average Bonchev–Trinajstić information content (AvgIpc) is 2.95. The third-order valence-corrected chi connectivity index (χ3v) is 5.60. The van der Waals surface area contributed by atoms with E-state index < -0.39 is 0 Å². The van der Waals surface area contributed by atoms with Gasteiger partial charge in [-0.25, -0.2) is 0 Å². The van der Waals surface area contributed by atoms with E-state index in [2.05, 4.69) is 23.7 Å². The van der Waals surface area contributed by atoms with Gasteiger partial charge in [0.2, 0.25) is 0 Å². The second-order valence-corrected chi connectivity index (χ2v) is 8.50. The van der Waals surface area contributed by atoms with Crippen molar-refractivity contribution in [2.45, 2.75) is 25.2 Å². The minimum Gasteiger partial charge on any atom is -0.380 e. The summed E-state index contributed by atoms with van der Waals surface area (Å²) in [5.74, 6) is 0.101. The van der Waals surface area contributed by atoms with E-state index in [0.29, 0.717) is 6.61 Å². The zero-order valence-electron chi connectivity index (χ0n) is 14.6. The van der Waals surface area contributed by atoms with Gasteiger partial charge in [-0.05, 0) is 25.5 Å². The number of carbonyl (C=O) groups excluding carboxylic acids is 1. The second kappa shape index (κ2) is 7.15. The zero-order chi connectivity index (χ0) is 17.2. The number of carbonyl (C=O) groups is 1. The van der Waals surface area contributed by atoms with Crippen molar-refractivity contribution in [3.63, 3.8) is 0 Å². The number of thioether (sulfide) groups is 1. The lowest BCUT2D eigenvalue weighted by molar-refractivity contribution is 0.0689. The van der Waals surface area contributed by atoms with Gasteiger partial charge in [0.1, 0.15) is 0 Å². The molecule has 3 rings (SSSR count). The monoisotopic (exact) mass is 347 g/mol. The van der Waals surface area contributed by atoms with Gasteiger partial charge in [-0.2, -0.15) is 0 Å². The van der Waals surface area contributed by atoms with Crippen LogP contribution in [-0.4, -0.2) is 65.5 Å². The van der Waals surface area contributed by atoms with Crippen molar-refractivity contribution in [2.24, 2.45) is 4.99 Å². The molecule has 1 aromatic carbocycles. The van der Waals surface area contributed by atoms with E-state index in [1.54, 1.807) is 7.11 Å². The number of rotatable bonds is 3. The third-order valence-electron chi connectivity index (χ3n) is 4.35. The average molecular weight is 347 g/mol. The van der Waals surface area contributed by atoms with Crippen molar-refractivity contribution in [3.8, 4) is 0 Å². The van der Waals surface area contributed by atoms with Crippen LogP contribution in [0.2, 0.25) is 0 Å². The molecule has 0 aromatic heterocycles. The summed E-state index contributed by atoms with van der Waals surface area (Å²) >= 11 is 1.85. The fourth-order valence-electron chi connectivity index (χ4n) is 3.02. The minimum atomic E-state index is 0.101. The first-order chi connectivity index (χ1) is 11.5. The summed E-state index contributed by atoms with van der Waals surface area (Å²) < 4.78 is 5.41. The first kappa shape index (κ1) is 17.3. The van der Waals surface area contributed by atoms with Gasteiger partial charge in [-0.3, -0.25) is 9.79 Å². The Morgan fingerprint density at radius 1 is 1.25 bits per heavy atom. The van der Waals surface area contributed by atoms with E-state index in [-0.39, 0.29) is 10.7 Å². The van der Waals surface area contributed by atoms with Gasteiger partial charge in [0, 0.05) is 43.6 Å². The highest BCUT2D eigenvalue weighted by Gasteiger charge is 2.32. The minimum absolute atomic E-state index is 0.101. The molecule has 1 fully saturated rings. The predicted molar refractivity (Wildman–Crippen MR) is 98.6 cm³/mol. The third kappa shape index (κ3) is 3.75. The Labute approximate surface area is 148 Å². The van der Waals surface area contributed by atoms with Gasteiger partial charge in [0.15, 0.2) is 5.17 Å². The van der Waals surface area contributed by atoms with Crippen LogP contribution in [0.3, 0.4) is 0 Å². The summed E-state index contributed by atoms with van der Waals surface area (Å²) in [5, 5.41) is 1.13. The van der Waals surface area contributed by atoms with Crippen LogP contribution in [0.25, 0.3) is 0 Å². The molecule has 0 bridgehead atoms. The SMILES string of the molecule is COCc1ccccc1C(=O)N1CCN(C2=NCC(C)(C)S2)CC1. The standard InChI is InChI=1S/C18H25N3O2S/c1-18(2)13-19-17(24-18)21-10-8-20(9-11-21)16(22)15-7-5-4-6-14(15)12-23-3/h4-7H,8-13H2,1-3H3. The Balaban J connectivity index is 1.62. The lowest BCUT2D eigenvalue weighted by atomic mass is 10.1. The molecule has 0 spiro atoms. The summed E-state index contributed by atoms with van der Waals surface area (Å²) in [7, 11) is 1.65. The Hall–Kier alpha value is -1.53. The number of ether oxygens (including phenoxy) is 1. The van der Waals surface area contributed by atoms with Crippen LogP contribution >= 0.6 is 11.8 Å². The molecular weight excluding hydrogens is 322 g/mol. The molecule has 0 saturated carbocycles. The molecule has 1 amide bonds. The normalized spacial score (nSPS) is 20.2. The van der Waals surface area contributed by atoms with Crippen molar-refractivity contribution >= 4 is 22.8 Å².